The number of carbonyl (C=O) groups is 1. The Labute approximate surface area is 121 Å². The topological polar surface area (TPSA) is 20.3 Å². The number of ketones is 1. The van der Waals surface area contributed by atoms with Crippen LogP contribution in [0.4, 0.5) is 5.69 Å². The Kier molecular flexibility index (Phi) is 4.57. The number of anilines is 1. The second-order valence-corrected chi connectivity index (χ2v) is 5.35. The molecule has 2 rings (SSSR count). The van der Waals surface area contributed by atoms with Crippen LogP contribution in [0.3, 0.4) is 0 Å². The third-order valence-corrected chi connectivity index (χ3v) is 3.50. The van der Waals surface area contributed by atoms with Gasteiger partial charge in [-0.25, -0.2) is 0 Å². The van der Waals surface area contributed by atoms with Gasteiger partial charge in [-0.3, -0.25) is 4.79 Å². The number of hydrogen-bond acceptors (Lipinski definition) is 2. The van der Waals surface area contributed by atoms with Crippen LogP contribution in [0.25, 0.3) is 0 Å². The first-order valence-corrected chi connectivity index (χ1v) is 6.95. The molecule has 0 fully saturated rings. The molecular weight excluding hydrogens is 246 g/mol. The highest BCUT2D eigenvalue weighted by Gasteiger charge is 2.17. The van der Waals surface area contributed by atoms with Crippen LogP contribution in [0.2, 0.25) is 0 Å². The predicted octanol–water partition coefficient (Wildman–Crippen LogP) is 3.95. The van der Waals surface area contributed by atoms with Crippen LogP contribution in [0.15, 0.2) is 54.6 Å². The van der Waals surface area contributed by atoms with Crippen molar-refractivity contribution >= 4 is 11.5 Å². The first-order valence-electron chi connectivity index (χ1n) is 6.95. The van der Waals surface area contributed by atoms with E-state index in [-0.39, 0.29) is 11.7 Å². The summed E-state index contributed by atoms with van der Waals surface area (Å²) in [6.45, 7) is 4.79. The average Bonchev–Trinajstić information content (AvgIpc) is 2.47. The van der Waals surface area contributed by atoms with Gasteiger partial charge in [0.05, 0.1) is 0 Å². The second kappa shape index (κ2) is 6.38. The first kappa shape index (κ1) is 14.3. The van der Waals surface area contributed by atoms with Crippen LogP contribution in [0.5, 0.6) is 0 Å². The van der Waals surface area contributed by atoms with E-state index < -0.39 is 0 Å². The molecule has 0 heterocycles. The van der Waals surface area contributed by atoms with Crippen molar-refractivity contribution in [1.82, 2.24) is 0 Å². The third kappa shape index (κ3) is 3.47. The molecule has 20 heavy (non-hydrogen) atoms. The zero-order valence-corrected chi connectivity index (χ0v) is 12.3. The molecule has 2 nitrogen and oxygen atoms in total. The zero-order chi connectivity index (χ0) is 14.5. The molecule has 1 unspecified atom stereocenters. The van der Waals surface area contributed by atoms with Crippen molar-refractivity contribution in [2.45, 2.75) is 13.8 Å². The fourth-order valence-corrected chi connectivity index (χ4v) is 2.35. The molecule has 0 radical (unpaired) electrons. The fraction of sp³-hybridized carbons (Fsp3) is 0.278. The summed E-state index contributed by atoms with van der Waals surface area (Å²) in [6, 6.07) is 17.8. The summed E-state index contributed by atoms with van der Waals surface area (Å²) in [5.74, 6) is 0.174. The molecular formula is C18H21NO. The van der Waals surface area contributed by atoms with E-state index in [4.69, 9.17) is 0 Å². The standard InChI is InChI=1S/C18H21NO/c1-14-8-7-11-17(12-14)19(3)13-15(2)18(20)16-9-5-4-6-10-16/h4-12,15H,13H2,1-3H3. The van der Waals surface area contributed by atoms with Crippen molar-refractivity contribution in [3.63, 3.8) is 0 Å². The molecule has 0 spiro atoms. The Balaban J connectivity index is 2.04. The summed E-state index contributed by atoms with van der Waals surface area (Å²) >= 11 is 0. The number of aryl methyl sites for hydroxylation is 1. The van der Waals surface area contributed by atoms with Gasteiger partial charge in [0.25, 0.3) is 0 Å². The van der Waals surface area contributed by atoms with Crippen LogP contribution >= 0.6 is 0 Å². The summed E-state index contributed by atoms with van der Waals surface area (Å²) < 4.78 is 0. The number of rotatable bonds is 5. The van der Waals surface area contributed by atoms with Gasteiger partial charge < -0.3 is 4.90 Å². The van der Waals surface area contributed by atoms with Crippen molar-refractivity contribution in [2.75, 3.05) is 18.5 Å². The lowest BCUT2D eigenvalue weighted by molar-refractivity contribution is 0.0933. The summed E-state index contributed by atoms with van der Waals surface area (Å²) in [5, 5.41) is 0. The Morgan fingerprint density at radius 1 is 1.10 bits per heavy atom. The van der Waals surface area contributed by atoms with Gasteiger partial charge in [-0.1, -0.05) is 49.4 Å². The quantitative estimate of drug-likeness (QED) is 0.764. The second-order valence-electron chi connectivity index (χ2n) is 5.35. The zero-order valence-electron chi connectivity index (χ0n) is 12.3. The summed E-state index contributed by atoms with van der Waals surface area (Å²) in [5.41, 5.74) is 3.17. The third-order valence-electron chi connectivity index (χ3n) is 3.50. The van der Waals surface area contributed by atoms with E-state index in [1.165, 1.54) is 5.56 Å². The fourth-order valence-electron chi connectivity index (χ4n) is 2.35. The molecule has 0 saturated carbocycles. The molecule has 0 bridgehead atoms. The Morgan fingerprint density at radius 2 is 1.80 bits per heavy atom. The number of benzene rings is 2. The van der Waals surface area contributed by atoms with E-state index in [0.29, 0.717) is 0 Å². The van der Waals surface area contributed by atoms with E-state index in [1.807, 2.05) is 50.4 Å². The molecule has 0 aromatic heterocycles. The van der Waals surface area contributed by atoms with Gasteiger partial charge in [-0.2, -0.15) is 0 Å². The summed E-state index contributed by atoms with van der Waals surface area (Å²) in [6.07, 6.45) is 0. The number of nitrogens with zero attached hydrogens (tertiary/aromatic N) is 1. The van der Waals surface area contributed by atoms with Crippen LogP contribution in [-0.4, -0.2) is 19.4 Å². The lowest BCUT2D eigenvalue weighted by atomic mass is 9.99. The number of hydrogen-bond donors (Lipinski definition) is 0. The molecule has 2 heteroatoms. The highest BCUT2D eigenvalue weighted by molar-refractivity contribution is 5.97. The van der Waals surface area contributed by atoms with Gasteiger partial charge in [0, 0.05) is 30.8 Å². The minimum atomic E-state index is -0.0251. The van der Waals surface area contributed by atoms with Crippen LogP contribution in [0.1, 0.15) is 22.8 Å². The minimum absolute atomic E-state index is 0.0251. The van der Waals surface area contributed by atoms with E-state index in [9.17, 15) is 4.79 Å². The van der Waals surface area contributed by atoms with Gasteiger partial charge in [-0.15, -0.1) is 0 Å². The lowest BCUT2D eigenvalue weighted by Crippen LogP contribution is -2.28. The summed E-state index contributed by atoms with van der Waals surface area (Å²) in [4.78, 5) is 14.5. The molecule has 0 N–H and O–H groups in total. The number of carbonyl (C=O) groups excluding carboxylic acids is 1. The van der Waals surface area contributed by atoms with Gasteiger partial charge in [-0.05, 0) is 24.6 Å². The lowest BCUT2D eigenvalue weighted by Gasteiger charge is -2.23. The Morgan fingerprint density at radius 3 is 2.45 bits per heavy atom. The van der Waals surface area contributed by atoms with Gasteiger partial charge in [0.15, 0.2) is 5.78 Å². The Bertz CT molecular complexity index is 577. The van der Waals surface area contributed by atoms with Gasteiger partial charge in [0.1, 0.15) is 0 Å². The molecule has 0 aliphatic heterocycles. The number of Topliss-reactive ketones (excluding diaryl/α,β-unsaturated/α-hetero) is 1. The Hall–Kier alpha value is -2.09. The van der Waals surface area contributed by atoms with Crippen LogP contribution in [0, 0.1) is 12.8 Å². The largest absolute Gasteiger partial charge is 0.374 e. The van der Waals surface area contributed by atoms with Crippen molar-refractivity contribution < 1.29 is 4.79 Å². The first-order chi connectivity index (χ1) is 9.58. The molecule has 2 aromatic rings. The predicted molar refractivity (Wildman–Crippen MR) is 84.4 cm³/mol. The van der Waals surface area contributed by atoms with Gasteiger partial charge in [0.2, 0.25) is 0 Å². The molecule has 1 atom stereocenters. The highest BCUT2D eigenvalue weighted by Crippen LogP contribution is 2.17. The minimum Gasteiger partial charge on any atom is -0.374 e. The van der Waals surface area contributed by atoms with Crippen LogP contribution in [-0.2, 0) is 0 Å². The van der Waals surface area contributed by atoms with Crippen molar-refractivity contribution in [3.8, 4) is 0 Å². The smallest absolute Gasteiger partial charge is 0.167 e. The summed E-state index contributed by atoms with van der Waals surface area (Å²) in [7, 11) is 2.03. The maximum Gasteiger partial charge on any atom is 0.167 e. The van der Waals surface area contributed by atoms with E-state index in [0.717, 1.165) is 17.8 Å². The average molecular weight is 267 g/mol. The van der Waals surface area contributed by atoms with E-state index >= 15 is 0 Å². The maximum absolute atomic E-state index is 12.4. The molecule has 2 aromatic carbocycles. The normalized spacial score (nSPS) is 11.9. The van der Waals surface area contributed by atoms with Crippen molar-refractivity contribution in [2.24, 2.45) is 5.92 Å². The van der Waals surface area contributed by atoms with Gasteiger partial charge >= 0.3 is 0 Å². The molecule has 0 saturated heterocycles. The van der Waals surface area contributed by atoms with Crippen LogP contribution < -0.4 is 4.90 Å². The molecule has 0 aliphatic rings. The monoisotopic (exact) mass is 267 g/mol. The molecule has 0 amide bonds. The van der Waals surface area contributed by atoms with E-state index in [2.05, 4.69) is 30.0 Å². The van der Waals surface area contributed by atoms with Crippen molar-refractivity contribution in [3.05, 3.63) is 65.7 Å². The molecule has 0 aliphatic carbocycles. The van der Waals surface area contributed by atoms with E-state index in [1.54, 1.807) is 0 Å². The SMILES string of the molecule is Cc1cccc(N(C)CC(C)C(=O)c2ccccc2)c1. The maximum atomic E-state index is 12.4. The van der Waals surface area contributed by atoms with Crippen molar-refractivity contribution in [1.29, 1.82) is 0 Å². The highest BCUT2D eigenvalue weighted by atomic mass is 16.1. The molecule has 104 valence electrons.